The van der Waals surface area contributed by atoms with Gasteiger partial charge in [-0.1, -0.05) is 12.8 Å². The maximum absolute atomic E-state index is 11.5. The zero-order chi connectivity index (χ0) is 13.7. The van der Waals surface area contributed by atoms with Gasteiger partial charge in [0.15, 0.2) is 0 Å². The molecular weight excluding hydrogens is 244 g/mol. The Balaban J connectivity index is 1.62. The Morgan fingerprint density at radius 2 is 1.79 bits per heavy atom. The lowest BCUT2D eigenvalue weighted by molar-refractivity contribution is -0.144. The lowest BCUT2D eigenvalue weighted by atomic mass is 9.79. The van der Waals surface area contributed by atoms with Crippen LogP contribution in [0, 0.1) is 17.8 Å². The number of hydrogen-bond donors (Lipinski definition) is 3. The molecule has 2 atom stereocenters. The summed E-state index contributed by atoms with van der Waals surface area (Å²) in [7, 11) is 0. The van der Waals surface area contributed by atoms with Gasteiger partial charge >= 0.3 is 5.97 Å². The summed E-state index contributed by atoms with van der Waals surface area (Å²) in [6, 6.07) is 0. The molecule has 5 heteroatoms. The zero-order valence-electron chi connectivity index (χ0n) is 11.4. The number of aliphatic carboxylic acids is 1. The number of amides is 1. The first-order chi connectivity index (χ1) is 9.16. The molecule has 3 N–H and O–H groups in total. The molecule has 0 heterocycles. The van der Waals surface area contributed by atoms with Crippen molar-refractivity contribution in [1.82, 2.24) is 10.6 Å². The quantitative estimate of drug-likeness (QED) is 0.643. The minimum absolute atomic E-state index is 0.0228. The fourth-order valence-electron chi connectivity index (χ4n) is 2.79. The Hall–Kier alpha value is -1.10. The van der Waals surface area contributed by atoms with Crippen molar-refractivity contribution in [1.29, 1.82) is 0 Å². The zero-order valence-corrected chi connectivity index (χ0v) is 11.4. The number of carbonyl (C=O) groups is 2. The van der Waals surface area contributed by atoms with E-state index in [1.165, 1.54) is 12.8 Å². The monoisotopic (exact) mass is 268 g/mol. The summed E-state index contributed by atoms with van der Waals surface area (Å²) in [6.45, 7) is 1.73. The third-order valence-electron chi connectivity index (χ3n) is 4.20. The molecule has 2 rings (SSSR count). The fraction of sp³-hybridized carbons (Fsp3) is 0.857. The molecule has 2 aliphatic rings. The van der Waals surface area contributed by atoms with Crippen LogP contribution in [0.5, 0.6) is 0 Å². The molecule has 0 spiro atoms. The molecule has 0 bridgehead atoms. The molecule has 0 aliphatic heterocycles. The molecule has 5 nitrogen and oxygen atoms in total. The van der Waals surface area contributed by atoms with Gasteiger partial charge in [0.05, 0.1) is 12.5 Å². The van der Waals surface area contributed by atoms with Crippen molar-refractivity contribution < 1.29 is 14.7 Å². The molecule has 2 aliphatic carbocycles. The van der Waals surface area contributed by atoms with Crippen LogP contribution in [-0.4, -0.2) is 36.6 Å². The van der Waals surface area contributed by atoms with Crippen molar-refractivity contribution in [2.45, 2.75) is 38.5 Å². The van der Waals surface area contributed by atoms with Gasteiger partial charge in [0, 0.05) is 6.54 Å². The average molecular weight is 268 g/mol. The van der Waals surface area contributed by atoms with E-state index in [0.717, 1.165) is 32.2 Å². The Kier molecular flexibility index (Phi) is 5.19. The molecule has 19 heavy (non-hydrogen) atoms. The van der Waals surface area contributed by atoms with E-state index in [2.05, 4.69) is 10.6 Å². The van der Waals surface area contributed by atoms with Gasteiger partial charge in [-0.05, 0) is 44.1 Å². The number of carboxylic acid groups (broad SMARTS) is 1. The summed E-state index contributed by atoms with van der Waals surface area (Å²) in [6.07, 6.45) is 6.30. The number of hydrogen-bond acceptors (Lipinski definition) is 3. The van der Waals surface area contributed by atoms with E-state index in [1.54, 1.807) is 0 Å². The second kappa shape index (κ2) is 6.89. The highest BCUT2D eigenvalue weighted by molar-refractivity contribution is 5.78. The lowest BCUT2D eigenvalue weighted by Gasteiger charge is -2.28. The predicted molar refractivity (Wildman–Crippen MR) is 71.7 cm³/mol. The molecule has 2 saturated carbocycles. The Bertz CT molecular complexity index is 329. The summed E-state index contributed by atoms with van der Waals surface area (Å²) < 4.78 is 0. The van der Waals surface area contributed by atoms with Crippen LogP contribution < -0.4 is 10.6 Å². The summed E-state index contributed by atoms with van der Waals surface area (Å²) >= 11 is 0. The number of rotatable bonds is 7. The van der Waals surface area contributed by atoms with Crippen LogP contribution in [0.25, 0.3) is 0 Å². The first-order valence-electron chi connectivity index (χ1n) is 7.37. The summed E-state index contributed by atoms with van der Waals surface area (Å²) in [4.78, 5) is 22.7. The fourth-order valence-corrected chi connectivity index (χ4v) is 2.79. The molecule has 0 aromatic rings. The lowest BCUT2D eigenvalue weighted by Crippen LogP contribution is -2.40. The maximum atomic E-state index is 11.5. The third-order valence-corrected chi connectivity index (χ3v) is 4.20. The van der Waals surface area contributed by atoms with Crippen molar-refractivity contribution in [3.05, 3.63) is 0 Å². The Labute approximate surface area is 114 Å². The van der Waals surface area contributed by atoms with Crippen molar-refractivity contribution in [3.8, 4) is 0 Å². The van der Waals surface area contributed by atoms with E-state index in [1.807, 2.05) is 0 Å². The molecule has 1 amide bonds. The molecule has 0 aromatic carbocycles. The van der Waals surface area contributed by atoms with Gasteiger partial charge in [-0.25, -0.2) is 0 Å². The van der Waals surface area contributed by atoms with Crippen LogP contribution in [0.4, 0.5) is 0 Å². The second-order valence-electron chi connectivity index (χ2n) is 5.87. The van der Waals surface area contributed by atoms with Gasteiger partial charge < -0.3 is 15.7 Å². The van der Waals surface area contributed by atoms with E-state index in [9.17, 15) is 9.59 Å². The van der Waals surface area contributed by atoms with E-state index in [-0.39, 0.29) is 17.7 Å². The van der Waals surface area contributed by atoms with Crippen LogP contribution in [0.3, 0.4) is 0 Å². The molecule has 0 aromatic heterocycles. The number of carboxylic acids is 1. The molecular formula is C14H24N2O3. The summed E-state index contributed by atoms with van der Waals surface area (Å²) in [5, 5.41) is 15.2. The highest BCUT2D eigenvalue weighted by Gasteiger charge is 2.30. The predicted octanol–water partition coefficient (Wildman–Crippen LogP) is 0.993. The second-order valence-corrected chi connectivity index (χ2v) is 5.87. The molecule has 0 saturated heterocycles. The summed E-state index contributed by atoms with van der Waals surface area (Å²) in [5.74, 6) is -0.0452. The van der Waals surface area contributed by atoms with Gasteiger partial charge in [0.1, 0.15) is 0 Å². The van der Waals surface area contributed by atoms with Crippen LogP contribution in [0.1, 0.15) is 38.5 Å². The SMILES string of the molecule is O=C(CNCC1CCCCC1C(=O)O)NCC1CC1. The normalized spacial score (nSPS) is 26.9. The highest BCUT2D eigenvalue weighted by atomic mass is 16.4. The number of carbonyl (C=O) groups excluding carboxylic acids is 1. The standard InChI is InChI=1S/C14H24N2O3/c17-13(16-7-10-5-6-10)9-15-8-11-3-1-2-4-12(11)14(18)19/h10-12,15H,1-9H2,(H,16,17)(H,18,19). The molecule has 2 fully saturated rings. The topological polar surface area (TPSA) is 78.4 Å². The Morgan fingerprint density at radius 3 is 2.47 bits per heavy atom. The van der Waals surface area contributed by atoms with Crippen LogP contribution in [0.2, 0.25) is 0 Å². The first kappa shape index (κ1) is 14.3. The minimum atomic E-state index is -0.690. The molecule has 0 radical (unpaired) electrons. The smallest absolute Gasteiger partial charge is 0.306 e. The van der Waals surface area contributed by atoms with Crippen molar-refractivity contribution in [2.75, 3.05) is 19.6 Å². The maximum Gasteiger partial charge on any atom is 0.306 e. The van der Waals surface area contributed by atoms with Crippen molar-refractivity contribution in [2.24, 2.45) is 17.8 Å². The largest absolute Gasteiger partial charge is 0.481 e. The molecule has 108 valence electrons. The van der Waals surface area contributed by atoms with Gasteiger partial charge in [0.25, 0.3) is 0 Å². The number of nitrogens with one attached hydrogen (secondary N) is 2. The van der Waals surface area contributed by atoms with Crippen LogP contribution in [-0.2, 0) is 9.59 Å². The van der Waals surface area contributed by atoms with Crippen LogP contribution in [0.15, 0.2) is 0 Å². The van der Waals surface area contributed by atoms with Gasteiger partial charge in [-0.2, -0.15) is 0 Å². The summed E-state index contributed by atoms with van der Waals surface area (Å²) in [5.41, 5.74) is 0. The van der Waals surface area contributed by atoms with E-state index >= 15 is 0 Å². The van der Waals surface area contributed by atoms with Gasteiger partial charge in [-0.3, -0.25) is 9.59 Å². The van der Waals surface area contributed by atoms with E-state index in [4.69, 9.17) is 5.11 Å². The van der Waals surface area contributed by atoms with Crippen LogP contribution >= 0.6 is 0 Å². The van der Waals surface area contributed by atoms with Crippen molar-refractivity contribution in [3.63, 3.8) is 0 Å². The first-order valence-corrected chi connectivity index (χ1v) is 7.37. The van der Waals surface area contributed by atoms with Gasteiger partial charge in [0.2, 0.25) is 5.91 Å². The van der Waals surface area contributed by atoms with E-state index < -0.39 is 5.97 Å². The van der Waals surface area contributed by atoms with Crippen molar-refractivity contribution >= 4 is 11.9 Å². The minimum Gasteiger partial charge on any atom is -0.481 e. The third kappa shape index (κ3) is 4.82. The highest BCUT2D eigenvalue weighted by Crippen LogP contribution is 2.29. The average Bonchev–Trinajstić information content (AvgIpc) is 3.21. The van der Waals surface area contributed by atoms with Gasteiger partial charge in [-0.15, -0.1) is 0 Å². The van der Waals surface area contributed by atoms with E-state index in [0.29, 0.717) is 19.0 Å². The molecule has 2 unspecified atom stereocenters. The Morgan fingerprint density at radius 1 is 1.05 bits per heavy atom.